The fourth-order valence-corrected chi connectivity index (χ4v) is 6.64. The summed E-state index contributed by atoms with van der Waals surface area (Å²) in [6.45, 7) is 0.480. The maximum atomic E-state index is 13.3. The van der Waals surface area contributed by atoms with Crippen LogP contribution in [0.25, 0.3) is 21.9 Å². The molecule has 12 heteroatoms. The number of rotatable bonds is 12. The molecule has 5 N–H and O–H groups in total. The van der Waals surface area contributed by atoms with Gasteiger partial charge in [-0.15, -0.1) is 0 Å². The highest BCUT2D eigenvalue weighted by molar-refractivity contribution is 7.87. The first-order chi connectivity index (χ1) is 21.2. The minimum Gasteiger partial charge on any atom is -0.480 e. The molecule has 1 aliphatic carbocycles. The summed E-state index contributed by atoms with van der Waals surface area (Å²) in [5, 5.41) is 15.8. The maximum Gasteiger partial charge on any atom is 0.407 e. The number of hydrogen-bond donors (Lipinski definition) is 4. The van der Waals surface area contributed by atoms with Crippen LogP contribution in [-0.2, 0) is 28.6 Å². The molecule has 1 atom stereocenters. The van der Waals surface area contributed by atoms with Gasteiger partial charge in [-0.25, -0.2) is 9.59 Å². The van der Waals surface area contributed by atoms with Gasteiger partial charge in [0.2, 0.25) is 0 Å². The van der Waals surface area contributed by atoms with Crippen molar-refractivity contribution < 1.29 is 36.8 Å². The second-order valence-electron chi connectivity index (χ2n) is 10.2. The number of amides is 1. The van der Waals surface area contributed by atoms with Crippen molar-refractivity contribution in [3.63, 3.8) is 0 Å². The van der Waals surface area contributed by atoms with Crippen LogP contribution in [0.2, 0.25) is 0 Å². The Labute approximate surface area is 254 Å². The molecule has 0 aliphatic heterocycles. The molecule has 0 fully saturated rings. The summed E-state index contributed by atoms with van der Waals surface area (Å²) in [4.78, 5) is 36.9. The number of anilines is 1. The van der Waals surface area contributed by atoms with E-state index in [1.165, 1.54) is 0 Å². The number of nitrogens with one attached hydrogen (secondary N) is 2. The van der Waals surface area contributed by atoms with E-state index in [0.717, 1.165) is 22.3 Å². The summed E-state index contributed by atoms with van der Waals surface area (Å²) in [6.07, 6.45) is -2.01. The molecule has 44 heavy (non-hydrogen) atoms. The van der Waals surface area contributed by atoms with Gasteiger partial charge in [0.25, 0.3) is 0 Å². The molecule has 0 radical (unpaired) electrons. The summed E-state index contributed by atoms with van der Waals surface area (Å²) < 4.78 is 36.8. The Balaban J connectivity index is 1.21. The third kappa shape index (κ3) is 6.51. The molecule has 0 saturated carbocycles. The third-order valence-corrected chi connectivity index (χ3v) is 8.71. The second kappa shape index (κ2) is 13.1. The molecule has 1 amide bonds. The van der Waals surface area contributed by atoms with Crippen molar-refractivity contribution in [2.75, 3.05) is 25.0 Å². The average molecular weight is 618 g/mol. The smallest absolute Gasteiger partial charge is 0.407 e. The Morgan fingerprint density at radius 3 is 2.18 bits per heavy atom. The van der Waals surface area contributed by atoms with Gasteiger partial charge in [-0.1, -0.05) is 78.9 Å². The van der Waals surface area contributed by atoms with E-state index in [-0.39, 0.29) is 36.2 Å². The zero-order valence-electron chi connectivity index (χ0n) is 23.6. The van der Waals surface area contributed by atoms with E-state index < -0.39 is 47.0 Å². The lowest BCUT2D eigenvalue weighted by molar-refractivity contribution is -0.140. The number of fused-ring (bicyclic) bond motifs is 4. The van der Waals surface area contributed by atoms with E-state index in [1.807, 2.05) is 48.5 Å². The third-order valence-electron chi connectivity index (χ3n) is 7.36. The van der Waals surface area contributed by atoms with Gasteiger partial charge < -0.3 is 30.4 Å². The number of ether oxygens (including phenoxy) is 1. The predicted molar refractivity (Wildman–Crippen MR) is 164 cm³/mol. The van der Waals surface area contributed by atoms with Crippen molar-refractivity contribution in [1.29, 1.82) is 0 Å². The molecular weight excluding hydrogens is 586 g/mol. The van der Waals surface area contributed by atoms with E-state index >= 15 is 0 Å². The maximum absolute atomic E-state index is 13.3. The quantitative estimate of drug-likeness (QED) is 0.169. The lowest BCUT2D eigenvalue weighted by Gasteiger charge is -2.17. The Morgan fingerprint density at radius 2 is 1.52 bits per heavy atom. The lowest BCUT2D eigenvalue weighted by Crippen LogP contribution is -2.41. The van der Waals surface area contributed by atoms with Gasteiger partial charge in [-0.3, -0.25) is 4.79 Å². The molecule has 0 heterocycles. The summed E-state index contributed by atoms with van der Waals surface area (Å²) in [5.74, 6) is -2.82. The van der Waals surface area contributed by atoms with Crippen molar-refractivity contribution in [2.45, 2.75) is 29.7 Å². The van der Waals surface area contributed by atoms with Crippen LogP contribution in [0.5, 0.6) is 0 Å². The van der Waals surface area contributed by atoms with Crippen LogP contribution >= 0.6 is 0 Å². The minimum atomic E-state index is -4.62. The molecule has 0 unspecified atom stereocenters. The number of alkyl carbamates (subject to hydrolysis) is 1. The van der Waals surface area contributed by atoms with Gasteiger partial charge in [0, 0.05) is 30.8 Å². The van der Waals surface area contributed by atoms with Gasteiger partial charge in [0.15, 0.2) is 0 Å². The molecule has 0 spiro atoms. The van der Waals surface area contributed by atoms with Crippen LogP contribution < -0.4 is 16.4 Å². The van der Waals surface area contributed by atoms with Gasteiger partial charge in [-0.05, 0) is 40.1 Å². The molecule has 0 bridgehead atoms. The molecule has 11 nitrogen and oxygen atoms in total. The highest BCUT2D eigenvalue weighted by Crippen LogP contribution is 2.44. The van der Waals surface area contributed by atoms with Crippen LogP contribution in [-0.4, -0.2) is 57.3 Å². The Kier molecular flexibility index (Phi) is 9.12. The largest absolute Gasteiger partial charge is 0.480 e. The van der Waals surface area contributed by atoms with Crippen LogP contribution in [0.3, 0.4) is 0 Å². The molecular formula is C32H31N3O8S. The minimum absolute atomic E-state index is 0.0297. The first kappa shape index (κ1) is 30.5. The van der Waals surface area contributed by atoms with E-state index in [1.54, 1.807) is 36.4 Å². The summed E-state index contributed by atoms with van der Waals surface area (Å²) >= 11 is 0. The molecule has 1 aliphatic rings. The summed E-state index contributed by atoms with van der Waals surface area (Å²) in [7, 11) is -4.62. The number of carboxylic acids is 1. The first-order valence-electron chi connectivity index (χ1n) is 14.0. The van der Waals surface area contributed by atoms with Gasteiger partial charge in [0.1, 0.15) is 17.5 Å². The second-order valence-corrected chi connectivity index (χ2v) is 11.7. The fraction of sp³-hybridized carbons (Fsp3) is 0.219. The number of hydrogen-bond acceptors (Lipinski definition) is 9. The van der Waals surface area contributed by atoms with Crippen molar-refractivity contribution in [1.82, 2.24) is 5.32 Å². The lowest BCUT2D eigenvalue weighted by atomic mass is 9.98. The van der Waals surface area contributed by atoms with Gasteiger partial charge in [0.05, 0.1) is 5.69 Å². The standard InChI is InChI=1S/C32H31N3O8S/c33-17-18-34-27-14-13-20-7-1-2-8-21(20)30(27)44(40,41)43-29(36)16-15-28(31(37)38)35-32(39)42-19-26-24-11-5-3-9-22(24)23-10-4-6-12-25(23)26/h1-14,26,28,34H,15-19,33H2,(H,35,39)(H,37,38)/t28-/m0/s1. The van der Waals surface area contributed by atoms with Crippen LogP contribution in [0.4, 0.5) is 10.5 Å². The van der Waals surface area contributed by atoms with Crippen molar-refractivity contribution >= 4 is 44.6 Å². The normalized spacial score (nSPS) is 13.0. The van der Waals surface area contributed by atoms with Crippen molar-refractivity contribution in [3.8, 4) is 11.1 Å². The number of benzene rings is 4. The zero-order chi connectivity index (χ0) is 31.3. The van der Waals surface area contributed by atoms with E-state index in [0.29, 0.717) is 10.8 Å². The number of carboxylic acid groups (broad SMARTS) is 1. The highest BCUT2D eigenvalue weighted by atomic mass is 32.2. The number of nitrogens with two attached hydrogens (primary N) is 1. The van der Waals surface area contributed by atoms with E-state index in [9.17, 15) is 27.9 Å². The van der Waals surface area contributed by atoms with E-state index in [4.69, 9.17) is 14.7 Å². The average Bonchev–Trinajstić information content (AvgIpc) is 3.33. The molecule has 5 rings (SSSR count). The topological polar surface area (TPSA) is 174 Å². The van der Waals surface area contributed by atoms with E-state index in [2.05, 4.69) is 10.6 Å². The highest BCUT2D eigenvalue weighted by Gasteiger charge is 2.31. The first-order valence-corrected chi connectivity index (χ1v) is 15.4. The fourth-order valence-electron chi connectivity index (χ4n) is 5.37. The van der Waals surface area contributed by atoms with Crippen molar-refractivity contribution in [2.24, 2.45) is 5.73 Å². The number of carbonyl (C=O) groups is 3. The number of carbonyl (C=O) groups excluding carboxylic acids is 2. The Morgan fingerprint density at radius 1 is 0.886 bits per heavy atom. The summed E-state index contributed by atoms with van der Waals surface area (Å²) in [5.41, 5.74) is 9.84. The summed E-state index contributed by atoms with van der Waals surface area (Å²) in [6, 6.07) is 24.0. The molecule has 0 saturated heterocycles. The predicted octanol–water partition coefficient (Wildman–Crippen LogP) is 4.21. The Bertz CT molecular complexity index is 1780. The Hall–Kier alpha value is -4.94. The zero-order valence-corrected chi connectivity index (χ0v) is 24.4. The number of aliphatic carboxylic acids is 1. The molecule has 228 valence electrons. The monoisotopic (exact) mass is 617 g/mol. The molecule has 4 aromatic carbocycles. The van der Waals surface area contributed by atoms with Gasteiger partial charge in [-0.2, -0.15) is 8.42 Å². The van der Waals surface area contributed by atoms with Crippen LogP contribution in [0.1, 0.15) is 29.9 Å². The molecule has 4 aromatic rings. The SMILES string of the molecule is NCCNc1ccc2ccccc2c1S(=O)(=O)OC(=O)CC[C@H](NC(=O)OCC1c2ccccc2-c2ccccc21)C(=O)O. The molecule has 0 aromatic heterocycles. The van der Waals surface area contributed by atoms with Crippen LogP contribution in [0.15, 0.2) is 89.8 Å². The van der Waals surface area contributed by atoms with Gasteiger partial charge >= 0.3 is 28.1 Å². The van der Waals surface area contributed by atoms with Crippen molar-refractivity contribution in [3.05, 3.63) is 96.1 Å². The van der Waals surface area contributed by atoms with Crippen LogP contribution in [0, 0.1) is 0 Å².